The van der Waals surface area contributed by atoms with Crippen LogP contribution in [0, 0.1) is 20.8 Å². The van der Waals surface area contributed by atoms with E-state index in [1.165, 1.54) is 11.8 Å². The quantitative estimate of drug-likeness (QED) is 0.746. The van der Waals surface area contributed by atoms with Gasteiger partial charge in [-0.25, -0.2) is 9.50 Å². The highest BCUT2D eigenvalue weighted by molar-refractivity contribution is 7.99. The minimum atomic E-state index is -0.0796. The van der Waals surface area contributed by atoms with Crippen LogP contribution in [0.2, 0.25) is 0 Å². The second-order valence-electron chi connectivity index (χ2n) is 5.30. The number of carbonyl (C=O) groups is 1. The molecule has 0 saturated heterocycles. The number of carbonyl (C=O) groups excluding carboxylic acids is 1. The number of amides is 1. The Hall–Kier alpha value is -2.41. The summed E-state index contributed by atoms with van der Waals surface area (Å²) in [6.45, 7) is 5.84. The maximum absolute atomic E-state index is 12.1. The number of nitrogens with zero attached hydrogens (tertiary/aromatic N) is 4. The number of hydrogen-bond donors (Lipinski definition) is 1. The van der Waals surface area contributed by atoms with Gasteiger partial charge in [-0.3, -0.25) is 4.79 Å². The number of nitrogens with one attached hydrogen (secondary N) is 1. The molecule has 23 heavy (non-hydrogen) atoms. The minimum absolute atomic E-state index is 0.0796. The number of fused-ring (bicyclic) bond motifs is 1. The van der Waals surface area contributed by atoms with Gasteiger partial charge in [-0.15, -0.1) is 5.10 Å². The monoisotopic (exact) mass is 327 g/mol. The molecule has 0 aliphatic carbocycles. The zero-order valence-corrected chi connectivity index (χ0v) is 14.0. The van der Waals surface area contributed by atoms with Gasteiger partial charge in [0.2, 0.25) is 11.1 Å². The van der Waals surface area contributed by atoms with Crippen molar-refractivity contribution in [3.63, 3.8) is 0 Å². The van der Waals surface area contributed by atoms with Crippen molar-refractivity contribution in [2.24, 2.45) is 0 Å². The summed E-state index contributed by atoms with van der Waals surface area (Å²) in [5.41, 5.74) is 3.73. The van der Waals surface area contributed by atoms with E-state index in [0.29, 0.717) is 10.9 Å². The van der Waals surface area contributed by atoms with E-state index >= 15 is 0 Å². The summed E-state index contributed by atoms with van der Waals surface area (Å²) < 4.78 is 1.69. The Labute approximate surface area is 138 Å². The van der Waals surface area contributed by atoms with Gasteiger partial charge in [0.1, 0.15) is 0 Å². The van der Waals surface area contributed by atoms with Gasteiger partial charge in [0.15, 0.2) is 0 Å². The van der Waals surface area contributed by atoms with E-state index in [2.05, 4.69) is 20.4 Å². The van der Waals surface area contributed by atoms with Crippen LogP contribution in [0.25, 0.3) is 5.78 Å². The van der Waals surface area contributed by atoms with Gasteiger partial charge in [0, 0.05) is 17.1 Å². The molecule has 1 aromatic carbocycles. The molecule has 2 aromatic heterocycles. The normalized spacial score (nSPS) is 10.9. The highest BCUT2D eigenvalue weighted by atomic mass is 32.2. The van der Waals surface area contributed by atoms with Crippen LogP contribution >= 0.6 is 11.8 Å². The number of hydrogen-bond acceptors (Lipinski definition) is 5. The molecule has 0 unspecified atom stereocenters. The van der Waals surface area contributed by atoms with Crippen LogP contribution in [0.5, 0.6) is 0 Å². The lowest BCUT2D eigenvalue weighted by Gasteiger charge is -2.06. The maximum Gasteiger partial charge on any atom is 0.253 e. The second kappa shape index (κ2) is 6.37. The van der Waals surface area contributed by atoms with Crippen LogP contribution in [0.1, 0.15) is 17.0 Å². The molecule has 0 saturated carbocycles. The Bertz CT molecular complexity index is 874. The number of anilines is 1. The minimum Gasteiger partial charge on any atom is -0.325 e. The lowest BCUT2D eigenvalue weighted by molar-refractivity contribution is -0.113. The van der Waals surface area contributed by atoms with E-state index in [1.54, 1.807) is 4.52 Å². The zero-order chi connectivity index (χ0) is 16.4. The van der Waals surface area contributed by atoms with E-state index < -0.39 is 0 Å². The van der Waals surface area contributed by atoms with Gasteiger partial charge in [-0.2, -0.15) is 4.98 Å². The van der Waals surface area contributed by atoms with Crippen molar-refractivity contribution in [1.82, 2.24) is 19.6 Å². The summed E-state index contributed by atoms with van der Waals surface area (Å²) in [5.74, 6) is 0.733. The van der Waals surface area contributed by atoms with Crippen LogP contribution in [0.3, 0.4) is 0 Å². The molecule has 0 aliphatic heterocycles. The number of rotatable bonds is 4. The summed E-state index contributed by atoms with van der Waals surface area (Å²) in [4.78, 5) is 20.8. The first kappa shape index (κ1) is 15.5. The average Bonchev–Trinajstić information content (AvgIpc) is 2.91. The van der Waals surface area contributed by atoms with Crippen molar-refractivity contribution < 1.29 is 4.79 Å². The van der Waals surface area contributed by atoms with E-state index in [0.717, 1.165) is 22.6 Å². The third kappa shape index (κ3) is 3.50. The van der Waals surface area contributed by atoms with Crippen molar-refractivity contribution in [1.29, 1.82) is 0 Å². The Morgan fingerprint density at radius 1 is 1.22 bits per heavy atom. The molecule has 6 nitrogen and oxygen atoms in total. The fourth-order valence-electron chi connectivity index (χ4n) is 2.24. The third-order valence-corrected chi connectivity index (χ3v) is 4.19. The van der Waals surface area contributed by atoms with Gasteiger partial charge >= 0.3 is 0 Å². The molecule has 3 aromatic rings. The van der Waals surface area contributed by atoms with Crippen molar-refractivity contribution in [2.45, 2.75) is 25.9 Å². The van der Waals surface area contributed by atoms with Crippen LogP contribution in [0.4, 0.5) is 5.69 Å². The second-order valence-corrected chi connectivity index (χ2v) is 6.24. The fraction of sp³-hybridized carbons (Fsp3) is 0.250. The molecule has 0 aliphatic rings. The highest BCUT2D eigenvalue weighted by Gasteiger charge is 2.11. The average molecular weight is 327 g/mol. The first-order valence-corrected chi connectivity index (χ1v) is 8.21. The van der Waals surface area contributed by atoms with Crippen molar-refractivity contribution in [3.05, 3.63) is 47.3 Å². The van der Waals surface area contributed by atoms with Crippen LogP contribution < -0.4 is 5.32 Å². The SMILES string of the molecule is Cc1cc(C)n2nc(SCC(=O)Nc3ccccc3C)nc2n1. The van der Waals surface area contributed by atoms with E-state index in [4.69, 9.17) is 0 Å². The predicted molar refractivity (Wildman–Crippen MR) is 90.8 cm³/mol. The molecule has 7 heteroatoms. The van der Waals surface area contributed by atoms with Crippen molar-refractivity contribution >= 4 is 29.1 Å². The molecule has 0 spiro atoms. The lowest BCUT2D eigenvalue weighted by atomic mass is 10.2. The summed E-state index contributed by atoms with van der Waals surface area (Å²) in [6, 6.07) is 9.63. The summed E-state index contributed by atoms with van der Waals surface area (Å²) in [7, 11) is 0. The van der Waals surface area contributed by atoms with Crippen LogP contribution in [-0.2, 0) is 4.79 Å². The van der Waals surface area contributed by atoms with Gasteiger partial charge < -0.3 is 5.32 Å². The van der Waals surface area contributed by atoms with Gasteiger partial charge in [-0.1, -0.05) is 30.0 Å². The molecule has 1 amide bonds. The topological polar surface area (TPSA) is 72.2 Å². The lowest BCUT2D eigenvalue weighted by Crippen LogP contribution is -2.14. The fourth-order valence-corrected chi connectivity index (χ4v) is 2.86. The number of aromatic nitrogens is 4. The van der Waals surface area contributed by atoms with Crippen LogP contribution in [0.15, 0.2) is 35.5 Å². The first-order chi connectivity index (χ1) is 11.0. The predicted octanol–water partition coefficient (Wildman–Crippen LogP) is 2.78. The van der Waals surface area contributed by atoms with Gasteiger partial charge in [0.25, 0.3) is 5.78 Å². The number of benzene rings is 1. The van der Waals surface area contributed by atoms with E-state index in [-0.39, 0.29) is 11.7 Å². The summed E-state index contributed by atoms with van der Waals surface area (Å²) in [6.07, 6.45) is 0. The Morgan fingerprint density at radius 2 is 2.00 bits per heavy atom. The number of aryl methyl sites for hydroxylation is 3. The molecule has 0 atom stereocenters. The summed E-state index contributed by atoms with van der Waals surface area (Å²) >= 11 is 1.30. The Balaban J connectivity index is 1.67. The van der Waals surface area contributed by atoms with Crippen molar-refractivity contribution in [3.8, 4) is 0 Å². The van der Waals surface area contributed by atoms with Crippen molar-refractivity contribution in [2.75, 3.05) is 11.1 Å². The number of thioether (sulfide) groups is 1. The Morgan fingerprint density at radius 3 is 2.78 bits per heavy atom. The maximum atomic E-state index is 12.1. The van der Waals surface area contributed by atoms with Gasteiger partial charge in [-0.05, 0) is 38.5 Å². The highest BCUT2D eigenvalue weighted by Crippen LogP contribution is 2.17. The molecule has 0 radical (unpaired) electrons. The molecule has 2 heterocycles. The molecule has 0 bridgehead atoms. The van der Waals surface area contributed by atoms with E-state index in [1.807, 2.05) is 51.1 Å². The largest absolute Gasteiger partial charge is 0.325 e. The molecular weight excluding hydrogens is 310 g/mol. The molecule has 1 N–H and O–H groups in total. The van der Waals surface area contributed by atoms with Gasteiger partial charge in [0.05, 0.1) is 5.75 Å². The van der Waals surface area contributed by atoms with Crippen LogP contribution in [-0.4, -0.2) is 31.2 Å². The smallest absolute Gasteiger partial charge is 0.253 e. The first-order valence-electron chi connectivity index (χ1n) is 7.22. The molecule has 0 fully saturated rings. The standard InChI is InChI=1S/C16H17N5OS/c1-10-6-4-5-7-13(10)18-14(22)9-23-16-19-15-17-11(2)8-12(3)21(15)20-16/h4-8H,9H2,1-3H3,(H,18,22). The summed E-state index contributed by atoms with van der Waals surface area (Å²) in [5, 5.41) is 7.82. The van der Waals surface area contributed by atoms with E-state index in [9.17, 15) is 4.79 Å². The Kier molecular flexibility index (Phi) is 4.29. The molecular formula is C16H17N5OS. The molecule has 118 valence electrons. The molecule has 3 rings (SSSR count). The number of para-hydroxylation sites is 1. The zero-order valence-electron chi connectivity index (χ0n) is 13.2. The third-order valence-electron chi connectivity index (χ3n) is 3.35.